The van der Waals surface area contributed by atoms with E-state index in [-0.39, 0.29) is 29.3 Å². The third-order valence-electron chi connectivity index (χ3n) is 3.77. The first-order chi connectivity index (χ1) is 10.4. The van der Waals surface area contributed by atoms with Crippen LogP contribution < -0.4 is 15.4 Å². The fourth-order valence-corrected chi connectivity index (χ4v) is 3.58. The Morgan fingerprint density at radius 3 is 2.57 bits per heavy atom. The fraction of sp³-hybridized carbons (Fsp3) is 0.533. The van der Waals surface area contributed by atoms with Crippen LogP contribution >= 0.6 is 12.4 Å². The van der Waals surface area contributed by atoms with Gasteiger partial charge in [-0.05, 0) is 50.6 Å². The maximum Gasteiger partial charge on any atom is 0.251 e. The largest absolute Gasteiger partial charge is 0.349 e. The van der Waals surface area contributed by atoms with Gasteiger partial charge in [-0.2, -0.15) is 0 Å². The highest BCUT2D eigenvalue weighted by molar-refractivity contribution is 7.89. The SMILES string of the molecule is CCNS(=O)(=O)c1ccc(C)c(C(=O)NC2CCNCC2)c1.Cl. The Morgan fingerprint density at radius 1 is 1.30 bits per heavy atom. The second-order valence-corrected chi connectivity index (χ2v) is 7.24. The number of amides is 1. The number of aryl methyl sites for hydroxylation is 1. The van der Waals surface area contributed by atoms with Gasteiger partial charge in [-0.15, -0.1) is 12.4 Å². The third-order valence-corrected chi connectivity index (χ3v) is 5.32. The van der Waals surface area contributed by atoms with Gasteiger partial charge < -0.3 is 10.6 Å². The number of hydrogen-bond donors (Lipinski definition) is 3. The Labute approximate surface area is 143 Å². The lowest BCUT2D eigenvalue weighted by molar-refractivity contribution is 0.0928. The van der Waals surface area contributed by atoms with Crippen molar-refractivity contribution in [3.05, 3.63) is 29.3 Å². The van der Waals surface area contributed by atoms with Gasteiger partial charge in [0.1, 0.15) is 0 Å². The van der Waals surface area contributed by atoms with Crippen LogP contribution in [0.2, 0.25) is 0 Å². The van der Waals surface area contributed by atoms with Crippen LogP contribution in [0.4, 0.5) is 0 Å². The summed E-state index contributed by atoms with van der Waals surface area (Å²) >= 11 is 0. The van der Waals surface area contributed by atoms with Crippen molar-refractivity contribution >= 4 is 28.3 Å². The fourth-order valence-electron chi connectivity index (χ4n) is 2.52. The zero-order valence-electron chi connectivity index (χ0n) is 13.4. The average molecular weight is 362 g/mol. The van der Waals surface area contributed by atoms with Crippen LogP contribution in [0.1, 0.15) is 35.7 Å². The number of carbonyl (C=O) groups is 1. The maximum atomic E-state index is 12.4. The van der Waals surface area contributed by atoms with E-state index in [1.807, 2.05) is 0 Å². The van der Waals surface area contributed by atoms with Crippen LogP contribution in [0.5, 0.6) is 0 Å². The van der Waals surface area contributed by atoms with Gasteiger partial charge in [0.05, 0.1) is 4.90 Å². The highest BCUT2D eigenvalue weighted by Gasteiger charge is 2.20. The lowest BCUT2D eigenvalue weighted by Crippen LogP contribution is -2.42. The summed E-state index contributed by atoms with van der Waals surface area (Å²) in [5.74, 6) is -0.210. The van der Waals surface area contributed by atoms with Crippen molar-refractivity contribution in [1.82, 2.24) is 15.4 Å². The lowest BCUT2D eigenvalue weighted by atomic mass is 10.0. The summed E-state index contributed by atoms with van der Waals surface area (Å²) < 4.78 is 26.6. The molecule has 23 heavy (non-hydrogen) atoms. The van der Waals surface area contributed by atoms with Gasteiger partial charge in [0.2, 0.25) is 10.0 Å². The summed E-state index contributed by atoms with van der Waals surface area (Å²) in [7, 11) is -3.56. The molecule has 1 saturated heterocycles. The van der Waals surface area contributed by atoms with E-state index in [2.05, 4.69) is 15.4 Å². The number of halogens is 1. The summed E-state index contributed by atoms with van der Waals surface area (Å²) in [4.78, 5) is 12.5. The molecule has 0 aromatic heterocycles. The highest BCUT2D eigenvalue weighted by atomic mass is 35.5. The number of carbonyl (C=O) groups excluding carboxylic acids is 1. The standard InChI is InChI=1S/C15H23N3O3S.ClH/c1-3-17-22(20,21)13-5-4-11(2)14(10-13)15(19)18-12-6-8-16-9-7-12;/h4-5,10,12,16-17H,3,6-9H2,1-2H3,(H,18,19);1H. The van der Waals surface area contributed by atoms with Crippen molar-refractivity contribution in [3.63, 3.8) is 0 Å². The Kier molecular flexibility index (Phi) is 7.47. The molecule has 0 unspecified atom stereocenters. The van der Waals surface area contributed by atoms with Gasteiger partial charge in [-0.1, -0.05) is 13.0 Å². The molecule has 0 saturated carbocycles. The molecule has 1 heterocycles. The van der Waals surface area contributed by atoms with Crippen LogP contribution in [0.25, 0.3) is 0 Å². The van der Waals surface area contributed by atoms with Crippen molar-refractivity contribution in [1.29, 1.82) is 0 Å². The van der Waals surface area contributed by atoms with Gasteiger partial charge in [0.25, 0.3) is 5.91 Å². The van der Waals surface area contributed by atoms with Crippen LogP contribution in [-0.4, -0.2) is 40.0 Å². The molecule has 0 aliphatic carbocycles. The summed E-state index contributed by atoms with van der Waals surface area (Å²) in [5, 5.41) is 6.24. The molecule has 130 valence electrons. The third kappa shape index (κ3) is 5.17. The Balaban J connectivity index is 0.00000264. The molecule has 1 aliphatic rings. The monoisotopic (exact) mass is 361 g/mol. The Hall–Kier alpha value is -1.15. The van der Waals surface area contributed by atoms with Gasteiger partial charge >= 0.3 is 0 Å². The lowest BCUT2D eigenvalue weighted by Gasteiger charge is -2.24. The number of nitrogens with one attached hydrogen (secondary N) is 3. The molecule has 6 nitrogen and oxygen atoms in total. The van der Waals surface area contributed by atoms with Crippen molar-refractivity contribution in [2.45, 2.75) is 37.6 Å². The predicted molar refractivity (Wildman–Crippen MR) is 92.6 cm³/mol. The van der Waals surface area contributed by atoms with Gasteiger partial charge in [0, 0.05) is 18.2 Å². The average Bonchev–Trinajstić information content (AvgIpc) is 2.48. The molecular formula is C15H24ClN3O3S. The molecule has 1 aliphatic heterocycles. The Morgan fingerprint density at radius 2 is 1.96 bits per heavy atom. The van der Waals surface area contributed by atoms with Crippen molar-refractivity contribution in [2.75, 3.05) is 19.6 Å². The first kappa shape index (κ1) is 19.9. The molecule has 1 amide bonds. The van der Waals surface area contributed by atoms with Gasteiger partial charge in [-0.3, -0.25) is 4.79 Å². The molecule has 1 aromatic rings. The normalized spacial score (nSPS) is 15.7. The summed E-state index contributed by atoms with van der Waals surface area (Å²) in [6.07, 6.45) is 1.78. The predicted octanol–water partition coefficient (Wildman–Crippen LogP) is 1.20. The molecule has 0 spiro atoms. The van der Waals surface area contributed by atoms with Crippen LogP contribution in [0, 0.1) is 6.92 Å². The van der Waals surface area contributed by atoms with E-state index in [0.29, 0.717) is 12.1 Å². The number of sulfonamides is 1. The van der Waals surface area contributed by atoms with E-state index in [1.165, 1.54) is 12.1 Å². The van der Waals surface area contributed by atoms with Crippen LogP contribution in [0.15, 0.2) is 23.1 Å². The molecule has 0 bridgehead atoms. The van der Waals surface area contributed by atoms with Crippen LogP contribution in [-0.2, 0) is 10.0 Å². The number of hydrogen-bond acceptors (Lipinski definition) is 4. The minimum absolute atomic E-state index is 0. The number of rotatable bonds is 5. The highest BCUT2D eigenvalue weighted by Crippen LogP contribution is 2.16. The van der Waals surface area contributed by atoms with Crippen molar-refractivity contribution < 1.29 is 13.2 Å². The zero-order valence-corrected chi connectivity index (χ0v) is 15.0. The first-order valence-electron chi connectivity index (χ1n) is 7.56. The summed E-state index contributed by atoms with van der Waals surface area (Å²) in [6.45, 7) is 5.61. The van der Waals surface area contributed by atoms with Gasteiger partial charge in [-0.25, -0.2) is 13.1 Å². The first-order valence-corrected chi connectivity index (χ1v) is 9.04. The zero-order chi connectivity index (χ0) is 16.2. The Bertz CT molecular complexity index is 643. The topological polar surface area (TPSA) is 87.3 Å². The van der Waals surface area contributed by atoms with E-state index >= 15 is 0 Å². The van der Waals surface area contributed by atoms with E-state index in [9.17, 15) is 13.2 Å². The van der Waals surface area contributed by atoms with E-state index in [4.69, 9.17) is 0 Å². The molecule has 3 N–H and O–H groups in total. The molecule has 1 aromatic carbocycles. The van der Waals surface area contributed by atoms with Crippen LogP contribution in [0.3, 0.4) is 0 Å². The summed E-state index contributed by atoms with van der Waals surface area (Å²) in [5.41, 5.74) is 1.18. The molecular weight excluding hydrogens is 338 g/mol. The molecule has 2 rings (SSSR count). The van der Waals surface area contributed by atoms with E-state index in [0.717, 1.165) is 31.5 Å². The molecule has 0 radical (unpaired) electrons. The number of piperidine rings is 1. The second kappa shape index (κ2) is 8.63. The molecule has 0 atom stereocenters. The molecule has 1 fully saturated rings. The van der Waals surface area contributed by atoms with Crippen molar-refractivity contribution in [2.24, 2.45) is 0 Å². The minimum Gasteiger partial charge on any atom is -0.349 e. The van der Waals surface area contributed by atoms with Crippen molar-refractivity contribution in [3.8, 4) is 0 Å². The molecule has 8 heteroatoms. The van der Waals surface area contributed by atoms with Gasteiger partial charge in [0.15, 0.2) is 0 Å². The number of benzene rings is 1. The second-order valence-electron chi connectivity index (χ2n) is 5.48. The maximum absolute atomic E-state index is 12.4. The van der Waals surface area contributed by atoms with E-state index in [1.54, 1.807) is 19.9 Å². The minimum atomic E-state index is -3.56. The summed E-state index contributed by atoms with van der Waals surface area (Å²) in [6, 6.07) is 4.78. The van der Waals surface area contributed by atoms with E-state index < -0.39 is 10.0 Å². The quantitative estimate of drug-likeness (QED) is 0.735. The smallest absolute Gasteiger partial charge is 0.251 e.